The second-order valence-electron chi connectivity index (χ2n) is 3.25. The Labute approximate surface area is 97.9 Å². The second kappa shape index (κ2) is 5.55. The van der Waals surface area contributed by atoms with Gasteiger partial charge in [-0.25, -0.2) is 18.4 Å². The lowest BCUT2D eigenvalue weighted by Gasteiger charge is -2.06. The highest BCUT2D eigenvalue weighted by Crippen LogP contribution is 2.09. The van der Waals surface area contributed by atoms with Crippen LogP contribution in [-0.4, -0.2) is 42.0 Å². The van der Waals surface area contributed by atoms with E-state index in [4.69, 9.17) is 10.2 Å². The maximum atomic E-state index is 10.8. The molecular formula is C8H12N4O4S. The topological polar surface area (TPSA) is 135 Å². The molecule has 0 fully saturated rings. The lowest BCUT2D eigenvalue weighted by atomic mass is 10.3. The molecule has 1 aromatic heterocycles. The number of carboxylic acids is 1. The minimum Gasteiger partial charge on any atom is -0.478 e. The Bertz CT molecular complexity index is 502. The summed E-state index contributed by atoms with van der Waals surface area (Å²) in [4.78, 5) is 10.8. The van der Waals surface area contributed by atoms with Crippen molar-refractivity contribution in [2.24, 2.45) is 5.14 Å². The van der Waals surface area contributed by atoms with Gasteiger partial charge >= 0.3 is 5.97 Å². The maximum Gasteiger partial charge on any atom is 0.339 e. The summed E-state index contributed by atoms with van der Waals surface area (Å²) in [7, 11) is -3.50. The lowest BCUT2D eigenvalue weighted by Crippen LogP contribution is -2.19. The molecule has 0 amide bonds. The largest absolute Gasteiger partial charge is 0.478 e. The summed E-state index contributed by atoms with van der Waals surface area (Å²) in [6.45, 7) is 0.245. The third-order valence-corrected chi connectivity index (χ3v) is 2.71. The van der Waals surface area contributed by atoms with Crippen molar-refractivity contribution >= 4 is 21.8 Å². The van der Waals surface area contributed by atoms with Crippen LogP contribution in [0, 0.1) is 0 Å². The van der Waals surface area contributed by atoms with Crippen LogP contribution in [0.2, 0.25) is 0 Å². The molecule has 8 nitrogen and oxygen atoms in total. The number of hydrogen-bond acceptors (Lipinski definition) is 6. The number of nitrogens with two attached hydrogens (primary N) is 1. The molecule has 0 radical (unpaired) electrons. The van der Waals surface area contributed by atoms with E-state index in [0.717, 1.165) is 0 Å². The Hall–Kier alpha value is -1.74. The van der Waals surface area contributed by atoms with Crippen molar-refractivity contribution in [1.29, 1.82) is 0 Å². The monoisotopic (exact) mass is 260 g/mol. The number of primary sulfonamides is 1. The van der Waals surface area contributed by atoms with Gasteiger partial charge in [0.2, 0.25) is 10.0 Å². The molecule has 9 heteroatoms. The third kappa shape index (κ3) is 4.74. The predicted molar refractivity (Wildman–Crippen MR) is 60.1 cm³/mol. The van der Waals surface area contributed by atoms with Crippen LogP contribution in [0.15, 0.2) is 12.3 Å². The highest BCUT2D eigenvalue weighted by Gasteiger charge is 2.10. The molecule has 0 aromatic carbocycles. The first-order chi connectivity index (χ1) is 7.90. The Balaban J connectivity index is 2.55. The summed E-state index contributed by atoms with van der Waals surface area (Å²) in [5, 5.41) is 23.5. The number of nitrogens with one attached hydrogen (secondary N) is 1. The Morgan fingerprint density at radius 3 is 2.82 bits per heavy atom. The third-order valence-electron chi connectivity index (χ3n) is 1.85. The molecular weight excluding hydrogens is 248 g/mol. The van der Waals surface area contributed by atoms with Crippen LogP contribution >= 0.6 is 0 Å². The van der Waals surface area contributed by atoms with E-state index < -0.39 is 16.0 Å². The average Bonchev–Trinajstić information content (AvgIpc) is 2.23. The van der Waals surface area contributed by atoms with Crippen molar-refractivity contribution in [3.63, 3.8) is 0 Å². The van der Waals surface area contributed by atoms with E-state index in [-0.39, 0.29) is 30.1 Å². The Kier molecular flexibility index (Phi) is 4.35. The van der Waals surface area contributed by atoms with Gasteiger partial charge in [0, 0.05) is 6.54 Å². The van der Waals surface area contributed by atoms with Gasteiger partial charge in [0.05, 0.1) is 11.9 Å². The SMILES string of the molecule is NS(=O)(=O)CCCNc1nnccc1C(=O)O. The molecule has 0 spiro atoms. The fourth-order valence-corrected chi connectivity index (χ4v) is 1.66. The molecule has 0 saturated carbocycles. The molecule has 4 N–H and O–H groups in total. The summed E-state index contributed by atoms with van der Waals surface area (Å²) in [5.41, 5.74) is -0.0180. The van der Waals surface area contributed by atoms with Crippen molar-refractivity contribution in [3.8, 4) is 0 Å². The number of aromatic nitrogens is 2. The van der Waals surface area contributed by atoms with E-state index in [1.54, 1.807) is 0 Å². The average molecular weight is 260 g/mol. The number of rotatable bonds is 6. The summed E-state index contributed by atoms with van der Waals surface area (Å²) in [6.07, 6.45) is 1.52. The highest BCUT2D eigenvalue weighted by molar-refractivity contribution is 7.89. The molecule has 0 atom stereocenters. The van der Waals surface area contributed by atoms with Crippen LogP contribution in [-0.2, 0) is 10.0 Å². The summed E-state index contributed by atoms with van der Waals surface area (Å²) < 4.78 is 21.3. The van der Waals surface area contributed by atoms with Gasteiger partial charge in [-0.2, -0.15) is 5.10 Å². The fraction of sp³-hybridized carbons (Fsp3) is 0.375. The molecule has 1 aromatic rings. The van der Waals surface area contributed by atoms with E-state index in [9.17, 15) is 13.2 Å². The molecule has 0 aliphatic heterocycles. The molecule has 0 aliphatic carbocycles. The maximum absolute atomic E-state index is 10.8. The number of anilines is 1. The highest BCUT2D eigenvalue weighted by atomic mass is 32.2. The number of carbonyl (C=O) groups is 1. The number of hydrogen-bond donors (Lipinski definition) is 3. The fourth-order valence-electron chi connectivity index (χ4n) is 1.12. The number of carboxylic acid groups (broad SMARTS) is 1. The number of sulfonamides is 1. The molecule has 94 valence electrons. The Morgan fingerprint density at radius 2 is 2.24 bits per heavy atom. The van der Waals surface area contributed by atoms with Gasteiger partial charge in [-0.1, -0.05) is 0 Å². The first-order valence-electron chi connectivity index (χ1n) is 4.69. The molecule has 1 rings (SSSR count). The van der Waals surface area contributed by atoms with Crippen LogP contribution < -0.4 is 10.5 Å². The van der Waals surface area contributed by atoms with Crippen molar-refractivity contribution < 1.29 is 18.3 Å². The molecule has 0 unspecified atom stereocenters. The van der Waals surface area contributed by atoms with Crippen LogP contribution in [0.3, 0.4) is 0 Å². The normalized spacial score (nSPS) is 11.1. The number of aromatic carboxylic acids is 1. The zero-order valence-electron chi connectivity index (χ0n) is 8.83. The van der Waals surface area contributed by atoms with Crippen LogP contribution in [0.4, 0.5) is 5.82 Å². The smallest absolute Gasteiger partial charge is 0.339 e. The molecule has 1 heterocycles. The van der Waals surface area contributed by atoms with Gasteiger partial charge in [-0.3, -0.25) is 0 Å². The van der Waals surface area contributed by atoms with Crippen LogP contribution in [0.1, 0.15) is 16.8 Å². The van der Waals surface area contributed by atoms with Crippen LogP contribution in [0.5, 0.6) is 0 Å². The van der Waals surface area contributed by atoms with Crippen molar-refractivity contribution in [1.82, 2.24) is 10.2 Å². The zero-order valence-corrected chi connectivity index (χ0v) is 9.64. The molecule has 0 saturated heterocycles. The van der Waals surface area contributed by atoms with Gasteiger partial charge < -0.3 is 10.4 Å². The van der Waals surface area contributed by atoms with Gasteiger partial charge in [-0.15, -0.1) is 5.10 Å². The standard InChI is InChI=1S/C8H12N4O4S/c9-17(15,16)5-1-3-10-7-6(8(13)14)2-4-11-12-7/h2,4H,1,3,5H2,(H,10,12)(H,13,14)(H2,9,15,16). The van der Waals surface area contributed by atoms with E-state index in [1.165, 1.54) is 12.3 Å². The van der Waals surface area contributed by atoms with Gasteiger partial charge in [0.15, 0.2) is 5.82 Å². The molecule has 0 bridgehead atoms. The first-order valence-corrected chi connectivity index (χ1v) is 6.41. The first kappa shape index (κ1) is 13.3. The predicted octanol–water partition coefficient (Wildman–Crippen LogP) is -0.735. The van der Waals surface area contributed by atoms with Gasteiger partial charge in [0.25, 0.3) is 0 Å². The summed E-state index contributed by atoms with van der Waals surface area (Å²) in [5.74, 6) is -1.20. The molecule has 0 aliphatic rings. The quantitative estimate of drug-likeness (QED) is 0.573. The van der Waals surface area contributed by atoms with E-state index >= 15 is 0 Å². The van der Waals surface area contributed by atoms with E-state index in [1.807, 2.05) is 0 Å². The second-order valence-corrected chi connectivity index (χ2v) is 4.98. The lowest BCUT2D eigenvalue weighted by molar-refractivity contribution is 0.0697. The summed E-state index contributed by atoms with van der Waals surface area (Å²) >= 11 is 0. The van der Waals surface area contributed by atoms with Crippen molar-refractivity contribution in [2.75, 3.05) is 17.6 Å². The Morgan fingerprint density at radius 1 is 1.53 bits per heavy atom. The minimum absolute atomic E-state index is 0.0180. The van der Waals surface area contributed by atoms with E-state index in [0.29, 0.717) is 0 Å². The van der Waals surface area contributed by atoms with Crippen molar-refractivity contribution in [2.45, 2.75) is 6.42 Å². The van der Waals surface area contributed by atoms with Crippen molar-refractivity contribution in [3.05, 3.63) is 17.8 Å². The zero-order chi connectivity index (χ0) is 12.9. The van der Waals surface area contributed by atoms with Crippen LogP contribution in [0.25, 0.3) is 0 Å². The van der Waals surface area contributed by atoms with Gasteiger partial charge in [0.1, 0.15) is 5.56 Å². The minimum atomic E-state index is -3.50. The molecule has 17 heavy (non-hydrogen) atoms. The number of nitrogens with zero attached hydrogens (tertiary/aromatic N) is 2. The van der Waals surface area contributed by atoms with E-state index in [2.05, 4.69) is 15.5 Å². The summed E-state index contributed by atoms with van der Waals surface area (Å²) in [6, 6.07) is 1.30. The van der Waals surface area contributed by atoms with Gasteiger partial charge in [-0.05, 0) is 12.5 Å².